The van der Waals surface area contributed by atoms with Crippen molar-refractivity contribution in [2.45, 2.75) is 32.1 Å². The van der Waals surface area contributed by atoms with Crippen molar-refractivity contribution >= 4 is 5.91 Å². The SMILES string of the molecule is Cc1nc(-c2ncc[nH]2)cc([C@H]2CCN(C(=O)C3CCOCC3)C2)n1. The van der Waals surface area contributed by atoms with E-state index in [-0.39, 0.29) is 17.7 Å². The van der Waals surface area contributed by atoms with Crippen LogP contribution in [0.3, 0.4) is 0 Å². The van der Waals surface area contributed by atoms with Gasteiger partial charge in [0.2, 0.25) is 5.91 Å². The van der Waals surface area contributed by atoms with Gasteiger partial charge in [0, 0.05) is 56.2 Å². The highest BCUT2D eigenvalue weighted by molar-refractivity contribution is 5.79. The van der Waals surface area contributed by atoms with Crippen LogP contribution in [0.25, 0.3) is 11.5 Å². The largest absolute Gasteiger partial charge is 0.381 e. The van der Waals surface area contributed by atoms with Crippen LogP contribution in [0.4, 0.5) is 0 Å². The monoisotopic (exact) mass is 341 g/mol. The number of amides is 1. The van der Waals surface area contributed by atoms with E-state index in [1.165, 1.54) is 0 Å². The quantitative estimate of drug-likeness (QED) is 0.922. The minimum absolute atomic E-state index is 0.123. The number of aromatic nitrogens is 4. The third-order valence-electron chi connectivity index (χ3n) is 5.09. The van der Waals surface area contributed by atoms with Crippen LogP contribution in [0.2, 0.25) is 0 Å². The third-order valence-corrected chi connectivity index (χ3v) is 5.09. The molecule has 1 atom stereocenters. The number of aromatic amines is 1. The lowest BCUT2D eigenvalue weighted by molar-refractivity contribution is -0.137. The Labute approximate surface area is 146 Å². The van der Waals surface area contributed by atoms with Gasteiger partial charge in [0.15, 0.2) is 5.82 Å². The molecule has 0 saturated carbocycles. The zero-order valence-corrected chi connectivity index (χ0v) is 14.4. The Bertz CT molecular complexity index is 740. The first-order valence-corrected chi connectivity index (χ1v) is 8.92. The van der Waals surface area contributed by atoms with Crippen molar-refractivity contribution in [3.8, 4) is 11.5 Å². The standard InChI is InChI=1S/C18H23N5O2/c1-12-21-15(10-16(22-12)17-19-5-6-20-17)14-2-7-23(11-14)18(24)13-3-8-25-9-4-13/h5-6,10,13-14H,2-4,7-9,11H2,1H3,(H,19,20)/t14-/m0/s1. The van der Waals surface area contributed by atoms with Gasteiger partial charge in [-0.05, 0) is 32.3 Å². The van der Waals surface area contributed by atoms with Gasteiger partial charge in [0.05, 0.1) is 0 Å². The average molecular weight is 341 g/mol. The molecule has 0 spiro atoms. The number of imidazole rings is 1. The van der Waals surface area contributed by atoms with Gasteiger partial charge in [-0.1, -0.05) is 0 Å². The molecule has 2 aliphatic heterocycles. The van der Waals surface area contributed by atoms with Crippen LogP contribution in [0.15, 0.2) is 18.5 Å². The second-order valence-electron chi connectivity index (χ2n) is 6.82. The molecule has 0 aromatic carbocycles. The molecule has 0 aliphatic carbocycles. The molecule has 0 bridgehead atoms. The van der Waals surface area contributed by atoms with Crippen molar-refractivity contribution in [1.29, 1.82) is 0 Å². The van der Waals surface area contributed by atoms with Crippen molar-refractivity contribution in [3.05, 3.63) is 30.0 Å². The van der Waals surface area contributed by atoms with Gasteiger partial charge in [-0.2, -0.15) is 0 Å². The maximum atomic E-state index is 12.7. The molecule has 7 heteroatoms. The summed E-state index contributed by atoms with van der Waals surface area (Å²) < 4.78 is 5.37. The van der Waals surface area contributed by atoms with Gasteiger partial charge in [-0.3, -0.25) is 4.79 Å². The van der Waals surface area contributed by atoms with Gasteiger partial charge < -0.3 is 14.6 Å². The first-order chi connectivity index (χ1) is 12.2. The van der Waals surface area contributed by atoms with E-state index in [0.717, 1.165) is 55.4 Å². The van der Waals surface area contributed by atoms with Gasteiger partial charge >= 0.3 is 0 Å². The summed E-state index contributed by atoms with van der Waals surface area (Å²) >= 11 is 0. The Balaban J connectivity index is 1.49. The molecule has 2 fully saturated rings. The van der Waals surface area contributed by atoms with Crippen molar-refractivity contribution in [2.75, 3.05) is 26.3 Å². The van der Waals surface area contributed by atoms with E-state index >= 15 is 0 Å². The summed E-state index contributed by atoms with van der Waals surface area (Å²) in [6.07, 6.45) is 6.14. The van der Waals surface area contributed by atoms with E-state index in [1.54, 1.807) is 12.4 Å². The fourth-order valence-electron chi connectivity index (χ4n) is 3.73. The van der Waals surface area contributed by atoms with Gasteiger partial charge in [-0.15, -0.1) is 0 Å². The van der Waals surface area contributed by atoms with Crippen LogP contribution in [0.5, 0.6) is 0 Å². The number of nitrogens with one attached hydrogen (secondary N) is 1. The fraction of sp³-hybridized carbons (Fsp3) is 0.556. The average Bonchev–Trinajstić information content (AvgIpc) is 3.33. The molecule has 1 N–H and O–H groups in total. The molecule has 2 aromatic heterocycles. The molecule has 2 saturated heterocycles. The predicted octanol–water partition coefficient (Wildman–Crippen LogP) is 1.92. The molecular formula is C18H23N5O2. The van der Waals surface area contributed by atoms with E-state index < -0.39 is 0 Å². The Morgan fingerprint density at radius 2 is 2.12 bits per heavy atom. The summed E-state index contributed by atoms with van der Waals surface area (Å²) in [5.74, 6) is 2.15. The van der Waals surface area contributed by atoms with Gasteiger partial charge in [0.1, 0.15) is 11.5 Å². The van der Waals surface area contributed by atoms with Crippen LogP contribution >= 0.6 is 0 Å². The molecule has 7 nitrogen and oxygen atoms in total. The van der Waals surface area contributed by atoms with Gasteiger partial charge in [-0.25, -0.2) is 15.0 Å². The van der Waals surface area contributed by atoms with Crippen LogP contribution in [-0.4, -0.2) is 57.0 Å². The van der Waals surface area contributed by atoms with E-state index in [2.05, 4.69) is 19.9 Å². The van der Waals surface area contributed by atoms with E-state index in [4.69, 9.17) is 4.74 Å². The lowest BCUT2D eigenvalue weighted by Gasteiger charge is -2.26. The normalized spacial score (nSPS) is 21.6. The molecule has 4 heterocycles. The topological polar surface area (TPSA) is 84.0 Å². The minimum Gasteiger partial charge on any atom is -0.381 e. The lowest BCUT2D eigenvalue weighted by Crippen LogP contribution is -2.37. The summed E-state index contributed by atoms with van der Waals surface area (Å²) in [6.45, 7) is 4.84. The molecule has 0 unspecified atom stereocenters. The maximum absolute atomic E-state index is 12.7. The summed E-state index contributed by atoms with van der Waals surface area (Å²) in [6, 6.07) is 2.00. The maximum Gasteiger partial charge on any atom is 0.225 e. The second kappa shape index (κ2) is 6.92. The van der Waals surface area contributed by atoms with Crippen LogP contribution in [-0.2, 0) is 9.53 Å². The smallest absolute Gasteiger partial charge is 0.225 e. The third kappa shape index (κ3) is 3.42. The Morgan fingerprint density at radius 1 is 1.28 bits per heavy atom. The Hall–Kier alpha value is -2.28. The van der Waals surface area contributed by atoms with Crippen molar-refractivity contribution in [3.63, 3.8) is 0 Å². The number of rotatable bonds is 3. The van der Waals surface area contributed by atoms with Crippen LogP contribution in [0.1, 0.15) is 36.7 Å². The highest BCUT2D eigenvalue weighted by atomic mass is 16.5. The second-order valence-corrected chi connectivity index (χ2v) is 6.82. The molecule has 2 aromatic rings. The predicted molar refractivity (Wildman–Crippen MR) is 91.8 cm³/mol. The van der Waals surface area contributed by atoms with E-state index in [0.29, 0.717) is 13.2 Å². The Kier molecular flexibility index (Phi) is 4.48. The summed E-state index contributed by atoms with van der Waals surface area (Å²) in [5, 5.41) is 0. The summed E-state index contributed by atoms with van der Waals surface area (Å²) in [7, 11) is 0. The Morgan fingerprint density at radius 3 is 2.88 bits per heavy atom. The molecule has 25 heavy (non-hydrogen) atoms. The molecule has 4 rings (SSSR count). The number of carbonyl (C=O) groups is 1. The summed E-state index contributed by atoms with van der Waals surface area (Å²) in [5.41, 5.74) is 1.81. The fourth-order valence-corrected chi connectivity index (χ4v) is 3.73. The first kappa shape index (κ1) is 16.2. The number of ether oxygens (including phenoxy) is 1. The van der Waals surface area contributed by atoms with E-state index in [9.17, 15) is 4.79 Å². The summed E-state index contributed by atoms with van der Waals surface area (Å²) in [4.78, 5) is 31.2. The highest BCUT2D eigenvalue weighted by Crippen LogP contribution is 2.30. The molecule has 0 radical (unpaired) electrons. The van der Waals surface area contributed by atoms with E-state index in [1.807, 2.05) is 17.9 Å². The lowest BCUT2D eigenvalue weighted by atomic mass is 9.98. The highest BCUT2D eigenvalue weighted by Gasteiger charge is 2.33. The first-order valence-electron chi connectivity index (χ1n) is 8.92. The number of carbonyl (C=O) groups excluding carboxylic acids is 1. The number of aryl methyl sites for hydroxylation is 1. The number of nitrogens with zero attached hydrogens (tertiary/aromatic N) is 4. The van der Waals surface area contributed by atoms with Crippen LogP contribution < -0.4 is 0 Å². The number of hydrogen-bond donors (Lipinski definition) is 1. The van der Waals surface area contributed by atoms with Crippen LogP contribution in [0, 0.1) is 12.8 Å². The minimum atomic E-state index is 0.123. The number of H-pyrrole nitrogens is 1. The number of likely N-dealkylation sites (tertiary alicyclic amines) is 1. The molecular weight excluding hydrogens is 318 g/mol. The van der Waals surface area contributed by atoms with Gasteiger partial charge in [0.25, 0.3) is 0 Å². The molecule has 132 valence electrons. The van der Waals surface area contributed by atoms with Crippen molar-refractivity contribution < 1.29 is 9.53 Å². The molecule has 1 amide bonds. The van der Waals surface area contributed by atoms with Crippen molar-refractivity contribution in [2.24, 2.45) is 5.92 Å². The molecule has 2 aliphatic rings. The number of hydrogen-bond acceptors (Lipinski definition) is 5. The zero-order chi connectivity index (χ0) is 17.2. The zero-order valence-electron chi connectivity index (χ0n) is 14.4. The van der Waals surface area contributed by atoms with Crippen molar-refractivity contribution in [1.82, 2.24) is 24.8 Å².